The molecule has 0 aliphatic carbocycles. The zero-order valence-electron chi connectivity index (χ0n) is 15.1. The first-order chi connectivity index (χ1) is 13.0. The fourth-order valence-electron chi connectivity index (χ4n) is 3.16. The van der Waals surface area contributed by atoms with Crippen molar-refractivity contribution in [3.8, 4) is 11.4 Å². The van der Waals surface area contributed by atoms with Crippen molar-refractivity contribution in [3.05, 3.63) is 57.8 Å². The lowest BCUT2D eigenvalue weighted by molar-refractivity contribution is 0.425. The van der Waals surface area contributed by atoms with Gasteiger partial charge in [0.25, 0.3) is 5.56 Å². The third-order valence-corrected chi connectivity index (χ3v) is 4.70. The molecule has 0 saturated heterocycles. The van der Waals surface area contributed by atoms with Crippen LogP contribution in [0.2, 0.25) is 5.02 Å². The average molecular weight is 382 g/mol. The van der Waals surface area contributed by atoms with Crippen molar-refractivity contribution in [2.24, 2.45) is 0 Å². The Morgan fingerprint density at radius 2 is 1.93 bits per heavy atom. The minimum Gasteiger partial charge on any atom is -0.382 e. The fraction of sp³-hybridized carbons (Fsp3) is 0.200. The van der Waals surface area contributed by atoms with E-state index in [9.17, 15) is 4.79 Å². The second kappa shape index (κ2) is 7.06. The molecule has 6 nitrogen and oxygen atoms in total. The van der Waals surface area contributed by atoms with Gasteiger partial charge in [0.15, 0.2) is 0 Å². The van der Waals surface area contributed by atoms with Crippen LogP contribution in [0.1, 0.15) is 0 Å². The van der Waals surface area contributed by atoms with E-state index in [4.69, 9.17) is 11.6 Å². The monoisotopic (exact) mass is 381 g/mol. The van der Waals surface area contributed by atoms with Gasteiger partial charge < -0.3 is 20.2 Å². The molecular formula is C20H20ClN5O. The van der Waals surface area contributed by atoms with Gasteiger partial charge in [0, 0.05) is 23.5 Å². The van der Waals surface area contributed by atoms with Crippen LogP contribution in [0.4, 0.5) is 5.69 Å². The maximum atomic E-state index is 12.9. The third kappa shape index (κ3) is 3.41. The average Bonchev–Trinajstić information content (AvgIpc) is 3.04. The van der Waals surface area contributed by atoms with Gasteiger partial charge in [-0.1, -0.05) is 23.7 Å². The molecule has 2 aromatic heterocycles. The van der Waals surface area contributed by atoms with E-state index in [1.165, 1.54) is 0 Å². The van der Waals surface area contributed by atoms with E-state index in [0.717, 1.165) is 28.7 Å². The molecule has 0 radical (unpaired) electrons. The molecule has 27 heavy (non-hydrogen) atoms. The van der Waals surface area contributed by atoms with Crippen LogP contribution in [0, 0.1) is 0 Å². The Hall–Kier alpha value is -2.83. The fourth-order valence-corrected chi connectivity index (χ4v) is 3.33. The number of para-hydroxylation sites is 2. The summed E-state index contributed by atoms with van der Waals surface area (Å²) in [6.07, 6.45) is 0. The van der Waals surface area contributed by atoms with Gasteiger partial charge in [-0.05, 0) is 44.4 Å². The molecule has 0 fully saturated rings. The van der Waals surface area contributed by atoms with E-state index in [1.54, 1.807) is 6.07 Å². The highest BCUT2D eigenvalue weighted by molar-refractivity contribution is 6.31. The van der Waals surface area contributed by atoms with Crippen molar-refractivity contribution < 1.29 is 0 Å². The van der Waals surface area contributed by atoms with Gasteiger partial charge in [0.05, 0.1) is 22.2 Å². The number of halogens is 1. The lowest BCUT2D eigenvalue weighted by atomic mass is 10.1. The number of nitrogens with zero attached hydrogens (tertiary/aromatic N) is 2. The lowest BCUT2D eigenvalue weighted by Gasteiger charge is -2.16. The number of pyridine rings is 1. The number of anilines is 1. The van der Waals surface area contributed by atoms with Crippen LogP contribution in [0.25, 0.3) is 33.3 Å². The third-order valence-electron chi connectivity index (χ3n) is 4.46. The van der Waals surface area contributed by atoms with Gasteiger partial charge in [0.1, 0.15) is 11.4 Å². The second-order valence-electron chi connectivity index (χ2n) is 6.73. The van der Waals surface area contributed by atoms with Crippen LogP contribution in [-0.2, 0) is 0 Å². The van der Waals surface area contributed by atoms with Crippen molar-refractivity contribution in [3.63, 3.8) is 0 Å². The summed E-state index contributed by atoms with van der Waals surface area (Å²) in [5.74, 6) is 0.543. The molecular weight excluding hydrogens is 362 g/mol. The molecule has 0 saturated carbocycles. The smallest absolute Gasteiger partial charge is 0.261 e. The summed E-state index contributed by atoms with van der Waals surface area (Å²) in [4.78, 5) is 25.8. The van der Waals surface area contributed by atoms with Crippen LogP contribution >= 0.6 is 11.6 Å². The van der Waals surface area contributed by atoms with Gasteiger partial charge in [-0.3, -0.25) is 4.79 Å². The molecule has 7 heteroatoms. The number of H-pyrrole nitrogens is 2. The Balaban J connectivity index is 1.93. The second-order valence-corrected chi connectivity index (χ2v) is 7.16. The van der Waals surface area contributed by atoms with Gasteiger partial charge >= 0.3 is 0 Å². The summed E-state index contributed by atoms with van der Waals surface area (Å²) in [6.45, 7) is 1.53. The summed E-state index contributed by atoms with van der Waals surface area (Å²) >= 11 is 6.11. The number of aromatic amines is 2. The largest absolute Gasteiger partial charge is 0.382 e. The molecule has 2 aromatic carbocycles. The van der Waals surface area contributed by atoms with Gasteiger partial charge in [-0.25, -0.2) is 4.98 Å². The molecule has 0 bridgehead atoms. The predicted octanol–water partition coefficient (Wildman–Crippen LogP) is 3.70. The maximum absolute atomic E-state index is 12.9. The minimum atomic E-state index is -0.212. The van der Waals surface area contributed by atoms with Crippen molar-refractivity contribution in [1.29, 1.82) is 0 Å². The van der Waals surface area contributed by atoms with Crippen LogP contribution in [-0.4, -0.2) is 47.0 Å². The van der Waals surface area contributed by atoms with E-state index in [0.29, 0.717) is 28.5 Å². The summed E-state index contributed by atoms with van der Waals surface area (Å²) in [5.41, 5.74) is 3.45. The quantitative estimate of drug-likeness (QED) is 0.492. The first-order valence-corrected chi connectivity index (χ1v) is 9.10. The van der Waals surface area contributed by atoms with E-state index in [2.05, 4.69) is 25.2 Å². The van der Waals surface area contributed by atoms with Gasteiger partial charge in [-0.2, -0.15) is 0 Å². The van der Waals surface area contributed by atoms with Crippen LogP contribution in [0.5, 0.6) is 0 Å². The Bertz CT molecular complexity index is 1150. The topological polar surface area (TPSA) is 76.8 Å². The summed E-state index contributed by atoms with van der Waals surface area (Å²) in [7, 11) is 4.02. The van der Waals surface area contributed by atoms with Gasteiger partial charge in [-0.15, -0.1) is 0 Å². The highest BCUT2D eigenvalue weighted by Gasteiger charge is 2.18. The Labute approximate surface area is 161 Å². The van der Waals surface area contributed by atoms with E-state index in [1.807, 2.05) is 50.5 Å². The molecule has 0 aliphatic rings. The standard InChI is InChI=1S/C20H20ClN5O/c1-26(2)10-9-22-18-13-8-7-12(21)11-16(13)25-20(27)17(18)19-23-14-5-3-4-6-15(14)24-19/h3-8,11H,9-10H2,1-2H3,(H,23,24)(H2,22,25,27). The zero-order valence-corrected chi connectivity index (χ0v) is 15.9. The molecule has 4 rings (SSSR count). The first kappa shape index (κ1) is 17.6. The van der Waals surface area contributed by atoms with Crippen LogP contribution < -0.4 is 10.9 Å². The van der Waals surface area contributed by atoms with E-state index >= 15 is 0 Å². The first-order valence-electron chi connectivity index (χ1n) is 8.72. The molecule has 138 valence electrons. The molecule has 2 heterocycles. The van der Waals surface area contributed by atoms with Crippen LogP contribution in [0.3, 0.4) is 0 Å². The van der Waals surface area contributed by atoms with E-state index < -0.39 is 0 Å². The van der Waals surface area contributed by atoms with Crippen molar-refractivity contribution in [2.75, 3.05) is 32.5 Å². The molecule has 0 unspecified atom stereocenters. The molecule has 4 aromatic rings. The highest BCUT2D eigenvalue weighted by atomic mass is 35.5. The maximum Gasteiger partial charge on any atom is 0.261 e. The highest BCUT2D eigenvalue weighted by Crippen LogP contribution is 2.31. The van der Waals surface area contributed by atoms with Crippen molar-refractivity contribution in [1.82, 2.24) is 19.9 Å². The zero-order chi connectivity index (χ0) is 19.0. The number of imidazole rings is 1. The number of likely N-dealkylation sites (N-methyl/N-ethyl adjacent to an activating group) is 1. The predicted molar refractivity (Wildman–Crippen MR) is 112 cm³/mol. The number of benzene rings is 2. The van der Waals surface area contributed by atoms with Crippen LogP contribution in [0.15, 0.2) is 47.3 Å². The number of hydrogen-bond donors (Lipinski definition) is 3. The van der Waals surface area contributed by atoms with Gasteiger partial charge in [0.2, 0.25) is 0 Å². The molecule has 0 aliphatic heterocycles. The number of fused-ring (bicyclic) bond motifs is 2. The molecule has 0 amide bonds. The van der Waals surface area contributed by atoms with E-state index in [-0.39, 0.29) is 5.56 Å². The number of hydrogen-bond acceptors (Lipinski definition) is 4. The minimum absolute atomic E-state index is 0.212. The lowest BCUT2D eigenvalue weighted by Crippen LogP contribution is -2.22. The molecule has 0 atom stereocenters. The Morgan fingerprint density at radius 1 is 1.11 bits per heavy atom. The Kier molecular flexibility index (Phi) is 4.59. The van der Waals surface area contributed by atoms with Crippen molar-refractivity contribution >= 4 is 39.2 Å². The molecule has 0 spiro atoms. The normalized spacial score (nSPS) is 11.6. The molecule has 3 N–H and O–H groups in total. The SMILES string of the molecule is CN(C)CCNc1c(-c2nc3ccccc3[nH]2)c(=O)[nH]c2cc(Cl)ccc12. The number of rotatable bonds is 5. The summed E-state index contributed by atoms with van der Waals surface area (Å²) in [6, 6.07) is 13.2. The van der Waals surface area contributed by atoms with Crippen molar-refractivity contribution in [2.45, 2.75) is 0 Å². The Morgan fingerprint density at radius 3 is 2.70 bits per heavy atom. The number of aromatic nitrogens is 3. The summed E-state index contributed by atoms with van der Waals surface area (Å²) in [5, 5.41) is 4.90. The number of nitrogens with one attached hydrogen (secondary N) is 3. The summed E-state index contributed by atoms with van der Waals surface area (Å²) < 4.78 is 0.